The highest BCUT2D eigenvalue weighted by Gasteiger charge is 2.11. The lowest BCUT2D eigenvalue weighted by atomic mass is 10.2. The van der Waals surface area contributed by atoms with Crippen molar-refractivity contribution < 1.29 is 13.9 Å². The molecule has 0 unspecified atom stereocenters. The Morgan fingerprint density at radius 3 is 2.89 bits per heavy atom. The maximum absolute atomic E-state index is 13.1. The zero-order valence-corrected chi connectivity index (χ0v) is 11.6. The molecular weight excluding hydrogens is 315 g/mol. The fraction of sp³-hybridized carbons (Fsp3) is 0.0769. The Labute approximate surface area is 117 Å². The standard InChI is InChI=1S/C13H10BrFN2O2/c1-19-13-11(3-2-6-16-13)17-12(18)8-4-5-10(15)9(14)7-8/h2-7H,1H3,(H,17,18). The molecule has 1 N–H and O–H groups in total. The first-order chi connectivity index (χ1) is 9.11. The lowest BCUT2D eigenvalue weighted by Gasteiger charge is -2.09. The number of anilines is 1. The average Bonchev–Trinajstić information content (AvgIpc) is 2.42. The minimum atomic E-state index is -0.421. The molecule has 1 aromatic carbocycles. The molecule has 19 heavy (non-hydrogen) atoms. The summed E-state index contributed by atoms with van der Waals surface area (Å²) >= 11 is 3.04. The third-order valence-electron chi connectivity index (χ3n) is 2.39. The van der Waals surface area contributed by atoms with Crippen LogP contribution in [0.1, 0.15) is 10.4 Å². The van der Waals surface area contributed by atoms with Gasteiger partial charge in [0, 0.05) is 11.8 Å². The topological polar surface area (TPSA) is 51.2 Å². The predicted octanol–water partition coefficient (Wildman–Crippen LogP) is 3.24. The van der Waals surface area contributed by atoms with Gasteiger partial charge in [0.2, 0.25) is 5.88 Å². The molecule has 0 radical (unpaired) electrons. The molecule has 1 aromatic heterocycles. The van der Waals surface area contributed by atoms with E-state index in [0.717, 1.165) is 0 Å². The van der Waals surface area contributed by atoms with E-state index in [0.29, 0.717) is 17.1 Å². The van der Waals surface area contributed by atoms with E-state index in [1.54, 1.807) is 18.3 Å². The van der Waals surface area contributed by atoms with Gasteiger partial charge < -0.3 is 10.1 Å². The fourth-order valence-electron chi connectivity index (χ4n) is 1.48. The molecular formula is C13H10BrFN2O2. The zero-order chi connectivity index (χ0) is 13.8. The van der Waals surface area contributed by atoms with E-state index in [4.69, 9.17) is 4.74 Å². The Balaban J connectivity index is 2.23. The van der Waals surface area contributed by atoms with Gasteiger partial charge in [-0.15, -0.1) is 0 Å². The molecule has 0 fully saturated rings. The Kier molecular flexibility index (Phi) is 4.11. The van der Waals surface area contributed by atoms with Gasteiger partial charge in [-0.05, 0) is 46.3 Å². The van der Waals surface area contributed by atoms with E-state index < -0.39 is 5.82 Å². The summed E-state index contributed by atoms with van der Waals surface area (Å²) in [6.45, 7) is 0. The maximum Gasteiger partial charge on any atom is 0.255 e. The number of amides is 1. The van der Waals surface area contributed by atoms with Crippen molar-refractivity contribution in [1.29, 1.82) is 0 Å². The molecule has 1 amide bonds. The highest BCUT2D eigenvalue weighted by molar-refractivity contribution is 9.10. The number of nitrogens with zero attached hydrogens (tertiary/aromatic N) is 1. The summed E-state index contributed by atoms with van der Waals surface area (Å²) in [6.07, 6.45) is 1.56. The predicted molar refractivity (Wildman–Crippen MR) is 72.8 cm³/mol. The summed E-state index contributed by atoms with van der Waals surface area (Å²) in [4.78, 5) is 16.0. The van der Waals surface area contributed by atoms with E-state index in [9.17, 15) is 9.18 Å². The molecule has 98 valence electrons. The minimum absolute atomic E-state index is 0.235. The van der Waals surface area contributed by atoms with Crippen LogP contribution >= 0.6 is 15.9 Å². The smallest absolute Gasteiger partial charge is 0.255 e. The van der Waals surface area contributed by atoms with Crippen LogP contribution in [-0.2, 0) is 0 Å². The van der Waals surface area contributed by atoms with Crippen molar-refractivity contribution in [3.8, 4) is 5.88 Å². The first-order valence-electron chi connectivity index (χ1n) is 5.37. The lowest BCUT2D eigenvalue weighted by molar-refractivity contribution is 0.102. The zero-order valence-electron chi connectivity index (χ0n) is 9.98. The summed E-state index contributed by atoms with van der Waals surface area (Å²) in [7, 11) is 1.46. The van der Waals surface area contributed by atoms with Crippen molar-refractivity contribution in [1.82, 2.24) is 4.98 Å². The van der Waals surface area contributed by atoms with Crippen molar-refractivity contribution in [2.24, 2.45) is 0 Å². The molecule has 4 nitrogen and oxygen atoms in total. The third-order valence-corrected chi connectivity index (χ3v) is 3.00. The average molecular weight is 325 g/mol. The number of aromatic nitrogens is 1. The summed E-state index contributed by atoms with van der Waals surface area (Å²) in [5, 5.41) is 2.65. The molecule has 6 heteroatoms. The molecule has 2 aromatic rings. The first kappa shape index (κ1) is 13.5. The summed E-state index contributed by atoms with van der Waals surface area (Å²) in [5.41, 5.74) is 0.787. The van der Waals surface area contributed by atoms with Crippen LogP contribution in [0.25, 0.3) is 0 Å². The van der Waals surface area contributed by atoms with Gasteiger partial charge in [0.25, 0.3) is 5.91 Å². The van der Waals surface area contributed by atoms with Crippen LogP contribution in [0.5, 0.6) is 5.88 Å². The number of ether oxygens (including phenoxy) is 1. The maximum atomic E-state index is 13.1. The number of benzene rings is 1. The van der Waals surface area contributed by atoms with Crippen LogP contribution in [0.15, 0.2) is 41.0 Å². The SMILES string of the molecule is COc1ncccc1NC(=O)c1ccc(F)c(Br)c1. The highest BCUT2D eigenvalue weighted by atomic mass is 79.9. The van der Waals surface area contributed by atoms with Gasteiger partial charge in [0.05, 0.1) is 11.6 Å². The Hall–Kier alpha value is -1.95. The van der Waals surface area contributed by atoms with Crippen molar-refractivity contribution in [3.63, 3.8) is 0 Å². The number of halogens is 2. The van der Waals surface area contributed by atoms with Crippen LogP contribution < -0.4 is 10.1 Å². The second-order valence-corrected chi connectivity index (χ2v) is 4.50. The fourth-order valence-corrected chi connectivity index (χ4v) is 1.86. The number of hydrogen-bond donors (Lipinski definition) is 1. The second-order valence-electron chi connectivity index (χ2n) is 3.64. The van der Waals surface area contributed by atoms with E-state index in [1.807, 2.05) is 0 Å². The minimum Gasteiger partial charge on any atom is -0.480 e. The Morgan fingerprint density at radius 2 is 2.21 bits per heavy atom. The molecule has 0 spiro atoms. The monoisotopic (exact) mass is 324 g/mol. The normalized spacial score (nSPS) is 10.1. The van der Waals surface area contributed by atoms with Gasteiger partial charge in [-0.3, -0.25) is 4.79 Å². The van der Waals surface area contributed by atoms with Crippen LogP contribution in [0.3, 0.4) is 0 Å². The number of nitrogens with one attached hydrogen (secondary N) is 1. The molecule has 1 heterocycles. The van der Waals surface area contributed by atoms with Gasteiger partial charge >= 0.3 is 0 Å². The molecule has 2 rings (SSSR count). The van der Waals surface area contributed by atoms with E-state index in [2.05, 4.69) is 26.2 Å². The quantitative estimate of drug-likeness (QED) is 0.942. The van der Waals surface area contributed by atoms with Gasteiger partial charge in [-0.2, -0.15) is 0 Å². The third kappa shape index (κ3) is 3.08. The molecule has 0 aliphatic rings. The lowest BCUT2D eigenvalue weighted by Crippen LogP contribution is -2.13. The summed E-state index contributed by atoms with van der Waals surface area (Å²) in [6, 6.07) is 7.38. The first-order valence-corrected chi connectivity index (χ1v) is 6.16. The van der Waals surface area contributed by atoms with Gasteiger partial charge in [0.1, 0.15) is 11.5 Å². The van der Waals surface area contributed by atoms with Crippen molar-refractivity contribution >= 4 is 27.5 Å². The van der Waals surface area contributed by atoms with Crippen LogP contribution in [0.2, 0.25) is 0 Å². The molecule has 0 aliphatic heterocycles. The second kappa shape index (κ2) is 5.79. The number of pyridine rings is 1. The molecule has 0 saturated carbocycles. The van der Waals surface area contributed by atoms with E-state index in [-0.39, 0.29) is 10.4 Å². The van der Waals surface area contributed by atoms with Gasteiger partial charge in [-0.25, -0.2) is 9.37 Å². The number of rotatable bonds is 3. The number of carbonyl (C=O) groups excluding carboxylic acids is 1. The van der Waals surface area contributed by atoms with Gasteiger partial charge in [-0.1, -0.05) is 0 Å². The van der Waals surface area contributed by atoms with Crippen LogP contribution in [0.4, 0.5) is 10.1 Å². The number of methoxy groups -OCH3 is 1. The number of hydrogen-bond acceptors (Lipinski definition) is 3. The van der Waals surface area contributed by atoms with Crippen molar-refractivity contribution in [3.05, 3.63) is 52.4 Å². The summed E-state index contributed by atoms with van der Waals surface area (Å²) < 4.78 is 18.4. The Morgan fingerprint density at radius 1 is 1.42 bits per heavy atom. The molecule has 0 atom stereocenters. The highest BCUT2D eigenvalue weighted by Crippen LogP contribution is 2.22. The van der Waals surface area contributed by atoms with Gasteiger partial charge in [0.15, 0.2) is 0 Å². The summed E-state index contributed by atoms with van der Waals surface area (Å²) in [5.74, 6) is -0.473. The molecule has 0 bridgehead atoms. The van der Waals surface area contributed by atoms with Crippen LogP contribution in [-0.4, -0.2) is 18.0 Å². The van der Waals surface area contributed by atoms with E-state index in [1.165, 1.54) is 25.3 Å². The van der Waals surface area contributed by atoms with Crippen LogP contribution in [0, 0.1) is 5.82 Å². The number of carbonyl (C=O) groups is 1. The Bertz CT molecular complexity index is 619. The van der Waals surface area contributed by atoms with Crippen molar-refractivity contribution in [2.45, 2.75) is 0 Å². The molecule has 0 aliphatic carbocycles. The molecule has 0 saturated heterocycles. The largest absolute Gasteiger partial charge is 0.480 e. The van der Waals surface area contributed by atoms with E-state index >= 15 is 0 Å². The van der Waals surface area contributed by atoms with Crippen molar-refractivity contribution in [2.75, 3.05) is 12.4 Å².